The third-order valence-corrected chi connectivity index (χ3v) is 4.35. The molecule has 0 spiro atoms. The molecule has 0 unspecified atom stereocenters. The van der Waals surface area contributed by atoms with E-state index in [4.69, 9.17) is 18.9 Å². The van der Waals surface area contributed by atoms with E-state index in [9.17, 15) is 4.79 Å². The number of allylic oxidation sites excluding steroid dienone is 1. The minimum atomic E-state index is -0.0699. The third-order valence-electron chi connectivity index (χ3n) is 4.35. The van der Waals surface area contributed by atoms with E-state index >= 15 is 0 Å². The van der Waals surface area contributed by atoms with Gasteiger partial charge in [-0.1, -0.05) is 0 Å². The highest BCUT2D eigenvalue weighted by atomic mass is 16.5. The summed E-state index contributed by atoms with van der Waals surface area (Å²) in [6.45, 7) is 1.78. The first-order valence-corrected chi connectivity index (χ1v) is 8.74. The molecule has 6 heteroatoms. The van der Waals surface area contributed by atoms with Crippen molar-refractivity contribution >= 4 is 17.5 Å². The minimum absolute atomic E-state index is 0.0699. The summed E-state index contributed by atoms with van der Waals surface area (Å²) in [7, 11) is 10.1. The van der Waals surface area contributed by atoms with Gasteiger partial charge >= 0.3 is 0 Å². The van der Waals surface area contributed by atoms with Crippen LogP contribution in [0.25, 0.3) is 6.08 Å². The van der Waals surface area contributed by atoms with Crippen molar-refractivity contribution in [3.05, 3.63) is 47.0 Å². The average molecular weight is 385 g/mol. The predicted molar refractivity (Wildman–Crippen MR) is 111 cm³/mol. The zero-order valence-electron chi connectivity index (χ0n) is 17.5. The highest BCUT2D eigenvalue weighted by Crippen LogP contribution is 2.39. The van der Waals surface area contributed by atoms with Crippen molar-refractivity contribution in [2.24, 2.45) is 0 Å². The molecule has 2 rings (SSSR count). The van der Waals surface area contributed by atoms with Gasteiger partial charge in [0.1, 0.15) is 5.75 Å². The highest BCUT2D eigenvalue weighted by Gasteiger charge is 2.15. The van der Waals surface area contributed by atoms with Crippen LogP contribution >= 0.6 is 0 Å². The molecule has 0 amide bonds. The number of carbonyl (C=O) groups is 1. The summed E-state index contributed by atoms with van der Waals surface area (Å²) in [5, 5.41) is 0. The fourth-order valence-corrected chi connectivity index (χ4v) is 2.91. The minimum Gasteiger partial charge on any atom is -0.495 e. The molecule has 150 valence electrons. The lowest BCUT2D eigenvalue weighted by Crippen LogP contribution is -2.11. The second-order valence-electron chi connectivity index (χ2n) is 6.40. The number of Topliss-reactive ketones (excluding diaryl/α,β-unsaturated/α-hetero) is 1. The SMILES string of the molecule is COc1ccc(C(=O)/C(C)=C/c2cc(OC)c(OC)c(OC)c2)cc1N(C)C. The monoisotopic (exact) mass is 385 g/mol. The number of ketones is 1. The molecule has 0 aliphatic rings. The number of nitrogens with zero attached hydrogens (tertiary/aromatic N) is 1. The van der Waals surface area contributed by atoms with Gasteiger partial charge in [0, 0.05) is 19.7 Å². The summed E-state index contributed by atoms with van der Waals surface area (Å²) >= 11 is 0. The van der Waals surface area contributed by atoms with Gasteiger partial charge in [-0.3, -0.25) is 4.79 Å². The Morgan fingerprint density at radius 2 is 1.43 bits per heavy atom. The van der Waals surface area contributed by atoms with E-state index in [-0.39, 0.29) is 5.78 Å². The van der Waals surface area contributed by atoms with Gasteiger partial charge in [0.2, 0.25) is 5.75 Å². The van der Waals surface area contributed by atoms with Crippen LogP contribution in [-0.4, -0.2) is 48.3 Å². The molecule has 0 aromatic heterocycles. The number of benzene rings is 2. The van der Waals surface area contributed by atoms with Crippen molar-refractivity contribution in [3.8, 4) is 23.0 Å². The number of hydrogen-bond donors (Lipinski definition) is 0. The number of methoxy groups -OCH3 is 4. The Morgan fingerprint density at radius 1 is 0.857 bits per heavy atom. The van der Waals surface area contributed by atoms with E-state index in [0.717, 1.165) is 11.3 Å². The van der Waals surface area contributed by atoms with Gasteiger partial charge in [-0.15, -0.1) is 0 Å². The van der Waals surface area contributed by atoms with Crippen LogP contribution in [0, 0.1) is 0 Å². The van der Waals surface area contributed by atoms with Crippen LogP contribution in [0.2, 0.25) is 0 Å². The second-order valence-corrected chi connectivity index (χ2v) is 6.40. The summed E-state index contributed by atoms with van der Waals surface area (Å²) in [5.41, 5.74) is 2.80. The van der Waals surface area contributed by atoms with Gasteiger partial charge in [0.25, 0.3) is 0 Å². The first kappa shape index (κ1) is 21.2. The van der Waals surface area contributed by atoms with Crippen molar-refractivity contribution in [2.75, 3.05) is 47.4 Å². The molecule has 0 N–H and O–H groups in total. The van der Waals surface area contributed by atoms with Gasteiger partial charge in [-0.05, 0) is 54.5 Å². The molecule has 2 aromatic carbocycles. The van der Waals surface area contributed by atoms with Gasteiger partial charge in [-0.2, -0.15) is 0 Å². The van der Waals surface area contributed by atoms with Crippen LogP contribution in [0.1, 0.15) is 22.8 Å². The standard InChI is InChI=1S/C22H27NO5/c1-14(10-15-11-19(26-5)22(28-7)20(12-15)27-6)21(24)16-8-9-18(25-4)17(13-16)23(2)3/h8-13H,1-7H3/b14-10+. The highest BCUT2D eigenvalue weighted by molar-refractivity contribution is 6.11. The fraction of sp³-hybridized carbons (Fsp3) is 0.318. The number of anilines is 1. The zero-order valence-corrected chi connectivity index (χ0v) is 17.5. The van der Waals surface area contributed by atoms with Gasteiger partial charge in [0.05, 0.1) is 34.1 Å². The largest absolute Gasteiger partial charge is 0.495 e. The van der Waals surface area contributed by atoms with E-state index in [1.165, 1.54) is 0 Å². The van der Waals surface area contributed by atoms with E-state index < -0.39 is 0 Å². The Balaban J connectivity index is 2.43. The van der Waals surface area contributed by atoms with E-state index in [1.54, 1.807) is 65.7 Å². The molecular weight excluding hydrogens is 358 g/mol. The number of ether oxygens (including phenoxy) is 4. The lowest BCUT2D eigenvalue weighted by atomic mass is 10.0. The molecule has 0 saturated heterocycles. The fourth-order valence-electron chi connectivity index (χ4n) is 2.91. The summed E-state index contributed by atoms with van der Waals surface area (Å²) in [6, 6.07) is 9.00. The van der Waals surface area contributed by atoms with Crippen LogP contribution in [0.15, 0.2) is 35.9 Å². The molecule has 0 aliphatic heterocycles. The van der Waals surface area contributed by atoms with Crippen molar-refractivity contribution in [1.82, 2.24) is 0 Å². The maximum Gasteiger partial charge on any atom is 0.203 e. The van der Waals surface area contributed by atoms with Gasteiger partial charge < -0.3 is 23.8 Å². The van der Waals surface area contributed by atoms with Gasteiger partial charge in [0.15, 0.2) is 17.3 Å². The topological polar surface area (TPSA) is 57.2 Å². The molecule has 0 heterocycles. The predicted octanol–water partition coefficient (Wildman–Crippen LogP) is 4.07. The van der Waals surface area contributed by atoms with Crippen molar-refractivity contribution in [2.45, 2.75) is 6.92 Å². The Kier molecular flexibility index (Phi) is 6.93. The first-order chi connectivity index (χ1) is 13.4. The quantitative estimate of drug-likeness (QED) is 0.504. The Bertz CT molecular complexity index is 861. The van der Waals surface area contributed by atoms with Crippen LogP contribution in [-0.2, 0) is 0 Å². The van der Waals surface area contributed by atoms with Crippen LogP contribution in [0.5, 0.6) is 23.0 Å². The van der Waals surface area contributed by atoms with Gasteiger partial charge in [-0.25, -0.2) is 0 Å². The number of carbonyl (C=O) groups excluding carboxylic acids is 1. The summed E-state index contributed by atoms with van der Waals surface area (Å²) in [6.07, 6.45) is 1.80. The summed E-state index contributed by atoms with van der Waals surface area (Å²) in [5.74, 6) is 2.23. The summed E-state index contributed by atoms with van der Waals surface area (Å²) in [4.78, 5) is 14.9. The van der Waals surface area contributed by atoms with Crippen molar-refractivity contribution < 1.29 is 23.7 Å². The third kappa shape index (κ3) is 4.39. The molecule has 6 nitrogen and oxygen atoms in total. The van der Waals surface area contributed by atoms with E-state index in [1.807, 2.05) is 25.1 Å². The molecule has 2 aromatic rings. The molecule has 0 bridgehead atoms. The number of rotatable bonds is 8. The molecule has 0 aliphatic carbocycles. The van der Waals surface area contributed by atoms with E-state index in [2.05, 4.69) is 0 Å². The Morgan fingerprint density at radius 3 is 1.89 bits per heavy atom. The second kappa shape index (κ2) is 9.17. The normalized spacial score (nSPS) is 11.0. The molecule has 0 radical (unpaired) electrons. The van der Waals surface area contributed by atoms with Crippen molar-refractivity contribution in [3.63, 3.8) is 0 Å². The maximum atomic E-state index is 12.9. The molecule has 0 atom stereocenters. The number of hydrogen-bond acceptors (Lipinski definition) is 6. The average Bonchev–Trinajstić information content (AvgIpc) is 2.71. The molecular formula is C22H27NO5. The molecule has 0 fully saturated rings. The Labute approximate surface area is 166 Å². The van der Waals surface area contributed by atoms with E-state index in [0.29, 0.717) is 34.1 Å². The summed E-state index contributed by atoms with van der Waals surface area (Å²) < 4.78 is 21.5. The molecule has 0 saturated carbocycles. The smallest absolute Gasteiger partial charge is 0.203 e. The van der Waals surface area contributed by atoms with Crippen LogP contribution < -0.4 is 23.8 Å². The Hall–Kier alpha value is -3.15. The molecule has 28 heavy (non-hydrogen) atoms. The lowest BCUT2D eigenvalue weighted by molar-refractivity contribution is 0.103. The first-order valence-electron chi connectivity index (χ1n) is 8.74. The van der Waals surface area contributed by atoms with Crippen LogP contribution in [0.3, 0.4) is 0 Å². The van der Waals surface area contributed by atoms with Crippen molar-refractivity contribution in [1.29, 1.82) is 0 Å². The zero-order chi connectivity index (χ0) is 20.8. The van der Waals surface area contributed by atoms with Crippen LogP contribution in [0.4, 0.5) is 5.69 Å². The maximum absolute atomic E-state index is 12.9. The lowest BCUT2D eigenvalue weighted by Gasteiger charge is -2.17.